The van der Waals surface area contributed by atoms with Crippen molar-refractivity contribution in [3.05, 3.63) is 52.3 Å². The van der Waals surface area contributed by atoms with Gasteiger partial charge in [-0.2, -0.15) is 0 Å². The molecule has 1 fully saturated rings. The number of benzene rings is 2. The maximum absolute atomic E-state index is 14.0. The minimum Gasteiger partial charge on any atom is -0.496 e. The van der Waals surface area contributed by atoms with Crippen molar-refractivity contribution in [3.63, 3.8) is 0 Å². The highest BCUT2D eigenvalue weighted by molar-refractivity contribution is 5.93. The number of fused-ring (bicyclic) bond motifs is 1. The molecule has 0 bridgehead atoms. The number of nitrogens with zero attached hydrogens (tertiary/aromatic N) is 2. The molecule has 1 unspecified atom stereocenters. The topological polar surface area (TPSA) is 68.2 Å². The van der Waals surface area contributed by atoms with E-state index in [1.54, 1.807) is 7.11 Å². The quantitative estimate of drug-likeness (QED) is 0.548. The Morgan fingerprint density at radius 1 is 1.25 bits per heavy atom. The first kappa shape index (κ1) is 22.3. The van der Waals surface area contributed by atoms with E-state index in [9.17, 15) is 4.79 Å². The summed E-state index contributed by atoms with van der Waals surface area (Å²) in [5.41, 5.74) is 3.67. The summed E-state index contributed by atoms with van der Waals surface area (Å²) in [7, 11) is 3.56. The first-order valence-electron chi connectivity index (χ1n) is 11.8. The summed E-state index contributed by atoms with van der Waals surface area (Å²) in [6.07, 6.45) is 5.40. The van der Waals surface area contributed by atoms with E-state index in [-0.39, 0.29) is 5.56 Å². The van der Waals surface area contributed by atoms with Gasteiger partial charge in [0, 0.05) is 13.6 Å². The molecule has 0 spiro atoms. The van der Waals surface area contributed by atoms with Crippen LogP contribution < -0.4 is 20.9 Å². The molecule has 0 aliphatic carbocycles. The molecule has 0 radical (unpaired) electrons. The molecule has 1 aromatic heterocycles. The van der Waals surface area contributed by atoms with Crippen LogP contribution in [0.5, 0.6) is 5.75 Å². The van der Waals surface area contributed by atoms with Crippen LogP contribution in [0.3, 0.4) is 0 Å². The number of hydrogen-bond donors (Lipinski definition) is 2. The molecule has 6 heteroatoms. The molecule has 0 amide bonds. The minimum atomic E-state index is 0.0178. The van der Waals surface area contributed by atoms with Gasteiger partial charge in [0.05, 0.1) is 29.3 Å². The highest BCUT2D eigenvalue weighted by atomic mass is 16.5. The van der Waals surface area contributed by atoms with Crippen molar-refractivity contribution in [1.82, 2.24) is 14.9 Å². The smallest absolute Gasteiger partial charge is 0.263 e. The van der Waals surface area contributed by atoms with Crippen molar-refractivity contribution in [2.24, 2.45) is 5.92 Å². The van der Waals surface area contributed by atoms with Crippen LogP contribution in [0, 0.1) is 5.92 Å². The Bertz CT molecular complexity index is 1130. The summed E-state index contributed by atoms with van der Waals surface area (Å²) >= 11 is 0. The van der Waals surface area contributed by atoms with Gasteiger partial charge >= 0.3 is 0 Å². The van der Waals surface area contributed by atoms with Crippen molar-refractivity contribution in [2.45, 2.75) is 45.6 Å². The second kappa shape index (κ2) is 10.2. The average molecular weight is 435 g/mol. The molecule has 2 heterocycles. The molecule has 2 N–H and O–H groups in total. The Balaban J connectivity index is 1.95. The fourth-order valence-corrected chi connectivity index (χ4v) is 4.75. The Morgan fingerprint density at radius 2 is 2.09 bits per heavy atom. The average Bonchev–Trinajstić information content (AvgIpc) is 2.84. The zero-order valence-electron chi connectivity index (χ0n) is 19.4. The number of ether oxygens (including phenoxy) is 1. The lowest BCUT2D eigenvalue weighted by Crippen LogP contribution is -2.35. The summed E-state index contributed by atoms with van der Waals surface area (Å²) in [5, 5.41) is 7.47. The Hall–Kier alpha value is -2.86. The minimum absolute atomic E-state index is 0.0178. The Morgan fingerprint density at radius 3 is 2.81 bits per heavy atom. The predicted molar refractivity (Wildman–Crippen MR) is 132 cm³/mol. The van der Waals surface area contributed by atoms with Crippen molar-refractivity contribution in [1.29, 1.82) is 0 Å². The van der Waals surface area contributed by atoms with Crippen LogP contribution in [-0.4, -0.2) is 36.8 Å². The number of hydrogen-bond acceptors (Lipinski definition) is 5. The van der Waals surface area contributed by atoms with Gasteiger partial charge in [-0.3, -0.25) is 9.36 Å². The Labute approximate surface area is 190 Å². The van der Waals surface area contributed by atoms with Gasteiger partial charge in [0.2, 0.25) is 0 Å². The number of rotatable bonds is 8. The number of unbranched alkanes of at least 4 members (excludes halogenated alkanes) is 1. The molecule has 1 aliphatic heterocycles. The molecule has 0 saturated carbocycles. The molecule has 170 valence electrons. The summed E-state index contributed by atoms with van der Waals surface area (Å²) in [6.45, 7) is 4.80. The maximum Gasteiger partial charge on any atom is 0.263 e. The van der Waals surface area contributed by atoms with E-state index >= 15 is 0 Å². The fraction of sp³-hybridized carbons (Fsp3) is 0.462. The van der Waals surface area contributed by atoms with Crippen LogP contribution in [0.15, 0.2) is 41.2 Å². The summed E-state index contributed by atoms with van der Waals surface area (Å²) in [4.78, 5) is 19.1. The maximum atomic E-state index is 14.0. The summed E-state index contributed by atoms with van der Waals surface area (Å²) in [5.74, 6) is 1.80. The molecule has 4 rings (SSSR count). The molecule has 1 saturated heterocycles. The summed E-state index contributed by atoms with van der Waals surface area (Å²) < 4.78 is 7.50. The van der Waals surface area contributed by atoms with Gasteiger partial charge in [-0.1, -0.05) is 31.5 Å². The highest BCUT2D eigenvalue weighted by Crippen LogP contribution is 2.32. The Kier molecular flexibility index (Phi) is 7.10. The van der Waals surface area contributed by atoms with Gasteiger partial charge in [0.1, 0.15) is 11.6 Å². The second-order valence-electron chi connectivity index (χ2n) is 8.61. The van der Waals surface area contributed by atoms with Gasteiger partial charge in [-0.25, -0.2) is 4.98 Å². The molecule has 32 heavy (non-hydrogen) atoms. The van der Waals surface area contributed by atoms with Crippen molar-refractivity contribution in [2.75, 3.05) is 32.6 Å². The van der Waals surface area contributed by atoms with Crippen LogP contribution in [0.25, 0.3) is 22.3 Å². The third-order valence-corrected chi connectivity index (χ3v) is 6.45. The number of piperidine rings is 1. The van der Waals surface area contributed by atoms with Crippen molar-refractivity contribution in [3.8, 4) is 17.1 Å². The third-order valence-electron chi connectivity index (χ3n) is 6.45. The molecule has 1 aliphatic rings. The van der Waals surface area contributed by atoms with Crippen molar-refractivity contribution >= 4 is 16.6 Å². The van der Waals surface area contributed by atoms with E-state index in [0.29, 0.717) is 23.7 Å². The molecule has 3 aromatic rings. The van der Waals surface area contributed by atoms with Gasteiger partial charge in [-0.05, 0) is 68.5 Å². The van der Waals surface area contributed by atoms with Gasteiger partial charge in [0.25, 0.3) is 5.56 Å². The number of anilines is 1. The summed E-state index contributed by atoms with van der Waals surface area (Å²) in [6, 6.07) is 11.9. The van der Waals surface area contributed by atoms with Gasteiger partial charge in [-0.15, -0.1) is 0 Å². The SMILES string of the molecule is CCCCc1ccc2nc(-c3ccccc3OC)n(CC3CCCNC3)c(=O)c2c1NC. The zero-order valence-corrected chi connectivity index (χ0v) is 19.4. The normalized spacial score (nSPS) is 16.3. The van der Waals surface area contributed by atoms with E-state index in [4.69, 9.17) is 9.72 Å². The fourth-order valence-electron chi connectivity index (χ4n) is 4.75. The van der Waals surface area contributed by atoms with Crippen molar-refractivity contribution < 1.29 is 4.74 Å². The molecular weight excluding hydrogens is 400 g/mol. The van der Waals surface area contributed by atoms with E-state index in [2.05, 4.69) is 23.6 Å². The largest absolute Gasteiger partial charge is 0.496 e. The zero-order chi connectivity index (χ0) is 22.5. The second-order valence-corrected chi connectivity index (χ2v) is 8.61. The monoisotopic (exact) mass is 434 g/mol. The van der Waals surface area contributed by atoms with Crippen LogP contribution in [0.2, 0.25) is 0 Å². The van der Waals surface area contributed by atoms with E-state index in [0.717, 1.165) is 67.7 Å². The number of methoxy groups -OCH3 is 1. The lowest BCUT2D eigenvalue weighted by Gasteiger charge is -2.25. The number of nitrogens with one attached hydrogen (secondary N) is 2. The number of aryl methyl sites for hydroxylation is 1. The van der Waals surface area contributed by atoms with Crippen LogP contribution >= 0.6 is 0 Å². The van der Waals surface area contributed by atoms with Crippen LogP contribution in [0.1, 0.15) is 38.2 Å². The number of para-hydroxylation sites is 1. The van der Waals surface area contributed by atoms with Gasteiger partial charge in [0.15, 0.2) is 0 Å². The van der Waals surface area contributed by atoms with E-state index in [1.165, 1.54) is 5.56 Å². The lowest BCUT2D eigenvalue weighted by atomic mass is 9.98. The lowest BCUT2D eigenvalue weighted by molar-refractivity contribution is 0.334. The van der Waals surface area contributed by atoms with E-state index < -0.39 is 0 Å². The standard InChI is InChI=1S/C26H34N4O2/c1-4-5-10-19-13-14-21-23(24(19)27-2)26(31)30(17-18-9-8-15-28-16-18)25(29-21)20-11-6-7-12-22(20)32-3/h6-7,11-14,18,27-28H,4-5,8-10,15-17H2,1-3H3. The predicted octanol–water partition coefficient (Wildman–Crippen LogP) is 4.46. The highest BCUT2D eigenvalue weighted by Gasteiger charge is 2.22. The first-order valence-corrected chi connectivity index (χ1v) is 11.8. The molecule has 1 atom stereocenters. The number of aromatic nitrogens is 2. The van der Waals surface area contributed by atoms with E-state index in [1.807, 2.05) is 41.9 Å². The van der Waals surface area contributed by atoms with Gasteiger partial charge < -0.3 is 15.4 Å². The molecule has 2 aromatic carbocycles. The third kappa shape index (κ3) is 4.37. The first-order chi connectivity index (χ1) is 15.7. The molecular formula is C26H34N4O2. The van der Waals surface area contributed by atoms with Crippen LogP contribution in [-0.2, 0) is 13.0 Å². The molecule has 6 nitrogen and oxygen atoms in total. The van der Waals surface area contributed by atoms with Crippen LogP contribution in [0.4, 0.5) is 5.69 Å².